The number of carbonyl (C=O) groups is 1. The van der Waals surface area contributed by atoms with Crippen molar-refractivity contribution in [2.75, 3.05) is 20.8 Å². The summed E-state index contributed by atoms with van der Waals surface area (Å²) in [4.78, 5) is 9.87. The molecule has 0 amide bonds. The first kappa shape index (κ1) is 9.77. The van der Waals surface area contributed by atoms with Gasteiger partial charge in [0.15, 0.2) is 0 Å². The second-order valence-corrected chi connectivity index (χ2v) is 4.58. The Labute approximate surface area is 61.5 Å². The monoisotopic (exact) mass is 164 g/mol. The number of aldehydes is 1. The molecule has 4 nitrogen and oxygen atoms in total. The van der Waals surface area contributed by atoms with E-state index in [4.69, 9.17) is 13.3 Å². The molecule has 0 aliphatic heterocycles. The van der Waals surface area contributed by atoms with Gasteiger partial charge in [-0.25, -0.2) is 0 Å². The molecule has 0 rings (SSSR count). The summed E-state index contributed by atoms with van der Waals surface area (Å²) in [6.45, 7) is 1.75. The van der Waals surface area contributed by atoms with Crippen LogP contribution in [0.5, 0.6) is 0 Å². The first-order chi connectivity index (χ1) is 4.68. The maximum absolute atomic E-state index is 9.87. The SMILES string of the molecule is CO[Si](C)(OC)OCC=O. The minimum absolute atomic E-state index is 0.0321. The van der Waals surface area contributed by atoms with E-state index in [9.17, 15) is 4.79 Å². The largest absolute Gasteiger partial charge is 0.497 e. The number of rotatable bonds is 5. The molecule has 0 aromatic heterocycles. The first-order valence-corrected chi connectivity index (χ1v) is 5.09. The number of carbonyl (C=O) groups excluding carboxylic acids is 1. The Morgan fingerprint density at radius 1 is 1.40 bits per heavy atom. The van der Waals surface area contributed by atoms with Gasteiger partial charge in [-0.05, 0) is 0 Å². The lowest BCUT2D eigenvalue weighted by Crippen LogP contribution is -2.40. The second kappa shape index (κ2) is 4.56. The molecule has 0 bridgehead atoms. The van der Waals surface area contributed by atoms with Crippen molar-refractivity contribution >= 4 is 15.1 Å². The number of hydrogen-bond acceptors (Lipinski definition) is 4. The standard InChI is InChI=1S/C5H12O4Si/c1-7-10(3,8-2)9-5-4-6/h4H,5H2,1-3H3. The van der Waals surface area contributed by atoms with Gasteiger partial charge in [-0.2, -0.15) is 0 Å². The van der Waals surface area contributed by atoms with E-state index >= 15 is 0 Å². The van der Waals surface area contributed by atoms with Gasteiger partial charge in [-0.3, -0.25) is 0 Å². The van der Waals surface area contributed by atoms with Crippen LogP contribution in [0.25, 0.3) is 0 Å². The maximum Gasteiger partial charge on any atom is 0.497 e. The molecule has 0 aliphatic carbocycles. The van der Waals surface area contributed by atoms with E-state index in [1.807, 2.05) is 0 Å². The zero-order valence-corrected chi connectivity index (χ0v) is 7.42. The summed E-state index contributed by atoms with van der Waals surface area (Å²) in [5.74, 6) is 0. The Hall–Kier alpha value is -0.233. The van der Waals surface area contributed by atoms with Crippen LogP contribution in [-0.2, 0) is 18.1 Å². The van der Waals surface area contributed by atoms with E-state index in [-0.39, 0.29) is 6.61 Å². The van der Waals surface area contributed by atoms with E-state index in [0.717, 1.165) is 0 Å². The predicted octanol–water partition coefficient (Wildman–Crippen LogP) is 0.0634. The quantitative estimate of drug-likeness (QED) is 0.426. The molecule has 0 radical (unpaired) electrons. The van der Waals surface area contributed by atoms with Crippen molar-refractivity contribution in [1.29, 1.82) is 0 Å². The smallest absolute Gasteiger partial charge is 0.377 e. The van der Waals surface area contributed by atoms with Crippen molar-refractivity contribution in [2.24, 2.45) is 0 Å². The van der Waals surface area contributed by atoms with Gasteiger partial charge in [0.05, 0.1) is 6.61 Å². The molecule has 0 saturated carbocycles. The van der Waals surface area contributed by atoms with Crippen LogP contribution < -0.4 is 0 Å². The van der Waals surface area contributed by atoms with Gasteiger partial charge in [-0.15, -0.1) is 0 Å². The Morgan fingerprint density at radius 2 is 1.90 bits per heavy atom. The van der Waals surface area contributed by atoms with E-state index in [0.29, 0.717) is 6.29 Å². The summed E-state index contributed by atoms with van der Waals surface area (Å²) in [7, 11) is 0.551. The fourth-order valence-electron chi connectivity index (χ4n) is 0.387. The highest BCUT2D eigenvalue weighted by molar-refractivity contribution is 6.59. The Bertz CT molecular complexity index is 102. The molecule has 0 saturated heterocycles. The lowest BCUT2D eigenvalue weighted by molar-refractivity contribution is -0.110. The normalized spacial score (nSPS) is 11.5. The zero-order valence-electron chi connectivity index (χ0n) is 6.42. The average Bonchev–Trinajstić information content (AvgIpc) is 2.00. The van der Waals surface area contributed by atoms with E-state index < -0.39 is 8.80 Å². The summed E-state index contributed by atoms with van der Waals surface area (Å²) < 4.78 is 14.9. The molecule has 0 spiro atoms. The summed E-state index contributed by atoms with van der Waals surface area (Å²) >= 11 is 0. The van der Waals surface area contributed by atoms with Gasteiger partial charge in [-0.1, -0.05) is 0 Å². The van der Waals surface area contributed by atoms with Crippen LogP contribution in [0.4, 0.5) is 0 Å². The second-order valence-electron chi connectivity index (χ2n) is 1.75. The lowest BCUT2D eigenvalue weighted by Gasteiger charge is -2.20. The third-order valence-corrected chi connectivity index (χ3v) is 3.33. The molecular formula is C5H12O4Si. The third-order valence-electron chi connectivity index (χ3n) is 1.16. The van der Waals surface area contributed by atoms with Crippen LogP contribution in [0.3, 0.4) is 0 Å². The van der Waals surface area contributed by atoms with Crippen LogP contribution in [-0.4, -0.2) is 35.9 Å². The van der Waals surface area contributed by atoms with Crippen LogP contribution in [0, 0.1) is 0 Å². The molecule has 0 aliphatic rings. The molecule has 0 fully saturated rings. The first-order valence-electron chi connectivity index (χ1n) is 2.86. The van der Waals surface area contributed by atoms with Gasteiger partial charge >= 0.3 is 8.80 Å². The maximum atomic E-state index is 9.87. The highest BCUT2D eigenvalue weighted by Gasteiger charge is 2.31. The number of hydrogen-bond donors (Lipinski definition) is 0. The Kier molecular flexibility index (Phi) is 4.46. The summed E-state index contributed by atoms with van der Waals surface area (Å²) in [6.07, 6.45) is 0.670. The average molecular weight is 164 g/mol. The molecule has 60 valence electrons. The summed E-state index contributed by atoms with van der Waals surface area (Å²) in [5.41, 5.74) is 0. The van der Waals surface area contributed by atoms with Gasteiger partial charge in [0, 0.05) is 20.8 Å². The van der Waals surface area contributed by atoms with Crippen LogP contribution >= 0.6 is 0 Å². The van der Waals surface area contributed by atoms with Crippen molar-refractivity contribution in [1.82, 2.24) is 0 Å². The summed E-state index contributed by atoms with van der Waals surface area (Å²) in [6, 6.07) is 0. The van der Waals surface area contributed by atoms with Crippen molar-refractivity contribution in [3.63, 3.8) is 0 Å². The molecule has 5 heteroatoms. The minimum atomic E-state index is -2.45. The van der Waals surface area contributed by atoms with Crippen LogP contribution in [0.1, 0.15) is 0 Å². The lowest BCUT2D eigenvalue weighted by atomic mass is 10.9. The fourth-order valence-corrected chi connectivity index (χ4v) is 1.16. The van der Waals surface area contributed by atoms with Crippen molar-refractivity contribution < 1.29 is 18.1 Å². The molecule has 10 heavy (non-hydrogen) atoms. The van der Waals surface area contributed by atoms with Gasteiger partial charge in [0.2, 0.25) is 0 Å². The van der Waals surface area contributed by atoms with Crippen LogP contribution in [0.2, 0.25) is 6.55 Å². The highest BCUT2D eigenvalue weighted by Crippen LogP contribution is 2.04. The minimum Gasteiger partial charge on any atom is -0.377 e. The van der Waals surface area contributed by atoms with Crippen molar-refractivity contribution in [3.05, 3.63) is 0 Å². The highest BCUT2D eigenvalue weighted by atomic mass is 28.4. The van der Waals surface area contributed by atoms with Gasteiger partial charge in [0.1, 0.15) is 6.29 Å². The molecular weight excluding hydrogens is 152 g/mol. The molecule has 0 aromatic rings. The molecule has 0 atom stereocenters. The van der Waals surface area contributed by atoms with Gasteiger partial charge in [0.25, 0.3) is 0 Å². The molecule has 0 aromatic carbocycles. The van der Waals surface area contributed by atoms with Crippen molar-refractivity contribution in [2.45, 2.75) is 6.55 Å². The van der Waals surface area contributed by atoms with Crippen LogP contribution in [0.15, 0.2) is 0 Å². The molecule has 0 unspecified atom stereocenters. The third kappa shape index (κ3) is 3.07. The van der Waals surface area contributed by atoms with E-state index in [1.54, 1.807) is 6.55 Å². The van der Waals surface area contributed by atoms with E-state index in [1.165, 1.54) is 14.2 Å². The molecule has 0 N–H and O–H groups in total. The Balaban J connectivity index is 3.68. The summed E-state index contributed by atoms with van der Waals surface area (Å²) in [5, 5.41) is 0. The zero-order chi connectivity index (χ0) is 8.04. The van der Waals surface area contributed by atoms with Crippen molar-refractivity contribution in [3.8, 4) is 0 Å². The van der Waals surface area contributed by atoms with E-state index in [2.05, 4.69) is 0 Å². The van der Waals surface area contributed by atoms with Gasteiger partial charge < -0.3 is 18.1 Å². The fraction of sp³-hybridized carbons (Fsp3) is 0.800. The Morgan fingerprint density at radius 3 is 2.20 bits per heavy atom. The molecule has 0 heterocycles. The topological polar surface area (TPSA) is 44.8 Å². The predicted molar refractivity (Wildman–Crippen MR) is 37.7 cm³/mol.